The molecule has 1 aromatic rings. The van der Waals surface area contributed by atoms with Gasteiger partial charge in [-0.3, -0.25) is 0 Å². The summed E-state index contributed by atoms with van der Waals surface area (Å²) in [4.78, 5) is 2.31. The topological polar surface area (TPSA) is 3.24 Å². The Morgan fingerprint density at radius 3 is 2.67 bits per heavy atom. The quantitative estimate of drug-likeness (QED) is 0.753. The van der Waals surface area contributed by atoms with Gasteiger partial charge < -0.3 is 4.90 Å². The minimum Gasteiger partial charge on any atom is -0.370 e. The van der Waals surface area contributed by atoms with Crippen LogP contribution in [0, 0.1) is 0 Å². The van der Waals surface area contributed by atoms with E-state index in [2.05, 4.69) is 40.0 Å². The summed E-state index contributed by atoms with van der Waals surface area (Å²) in [5, 5.41) is 1.72. The lowest BCUT2D eigenvalue weighted by atomic mass is 9.91. The van der Waals surface area contributed by atoms with Crippen molar-refractivity contribution in [1.82, 2.24) is 0 Å². The molecular weight excluding hydrogens is 273 g/mol. The summed E-state index contributed by atoms with van der Waals surface area (Å²) in [6.07, 6.45) is 3.95. The van der Waals surface area contributed by atoms with Crippen LogP contribution in [0.15, 0.2) is 18.2 Å². The molecule has 0 amide bonds. The molecule has 1 aromatic carbocycles. The number of hydrogen-bond acceptors (Lipinski definition) is 1. The van der Waals surface area contributed by atoms with Gasteiger partial charge in [0, 0.05) is 18.4 Å². The monoisotopic (exact) mass is 287 g/mol. The van der Waals surface area contributed by atoms with Crippen molar-refractivity contribution in [3.8, 4) is 0 Å². The van der Waals surface area contributed by atoms with E-state index in [1.807, 2.05) is 6.07 Å². The molecule has 0 saturated heterocycles. The fraction of sp³-hybridized carbons (Fsp3) is 0.500. The molecule has 3 heteroatoms. The van der Waals surface area contributed by atoms with E-state index in [0.717, 1.165) is 16.0 Å². The lowest BCUT2D eigenvalue weighted by Crippen LogP contribution is -2.37. The minimum absolute atomic E-state index is 0.692. The summed E-state index contributed by atoms with van der Waals surface area (Å²) in [5.41, 5.74) is 2.39. The first-order chi connectivity index (χ1) is 7.22. The Bertz CT molecular complexity index is 349. The Labute approximate surface area is 105 Å². The van der Waals surface area contributed by atoms with E-state index >= 15 is 0 Å². The molecule has 1 fully saturated rings. The Hall–Kier alpha value is -0.210. The zero-order chi connectivity index (χ0) is 10.8. The van der Waals surface area contributed by atoms with Crippen molar-refractivity contribution in [2.45, 2.75) is 30.6 Å². The molecular formula is C12H15BrClN. The number of halogens is 2. The van der Waals surface area contributed by atoms with Crippen LogP contribution in [0.1, 0.15) is 24.8 Å². The molecule has 1 aliphatic rings. The summed E-state index contributed by atoms with van der Waals surface area (Å²) >= 11 is 9.70. The zero-order valence-electron chi connectivity index (χ0n) is 8.84. The standard InChI is InChI=1S/C12H15BrClN/c1-15(10-3-2-4-10)12-6-5-9(8-13)7-11(12)14/h5-7,10H,2-4,8H2,1H3. The average molecular weight is 289 g/mol. The van der Waals surface area contributed by atoms with Gasteiger partial charge in [0.25, 0.3) is 0 Å². The molecule has 1 aliphatic carbocycles. The van der Waals surface area contributed by atoms with Crippen LogP contribution in [-0.4, -0.2) is 13.1 Å². The molecule has 0 atom stereocenters. The summed E-state index contributed by atoms with van der Waals surface area (Å²) in [5.74, 6) is 0. The van der Waals surface area contributed by atoms with Crippen LogP contribution in [0.4, 0.5) is 5.69 Å². The molecule has 82 valence electrons. The predicted molar refractivity (Wildman–Crippen MR) is 70.1 cm³/mol. The van der Waals surface area contributed by atoms with Crippen LogP contribution < -0.4 is 4.90 Å². The molecule has 0 bridgehead atoms. The Kier molecular flexibility index (Phi) is 3.57. The lowest BCUT2D eigenvalue weighted by molar-refractivity contribution is 0.401. The molecule has 0 aliphatic heterocycles. The number of alkyl halides is 1. The summed E-state index contributed by atoms with van der Waals surface area (Å²) in [6, 6.07) is 6.99. The molecule has 2 rings (SSSR count). The second-order valence-electron chi connectivity index (χ2n) is 4.12. The van der Waals surface area contributed by atoms with E-state index in [1.165, 1.54) is 24.8 Å². The van der Waals surface area contributed by atoms with Gasteiger partial charge in [-0.05, 0) is 37.0 Å². The van der Waals surface area contributed by atoms with Gasteiger partial charge in [-0.15, -0.1) is 0 Å². The Morgan fingerprint density at radius 1 is 1.47 bits per heavy atom. The first-order valence-electron chi connectivity index (χ1n) is 5.29. The molecule has 0 aromatic heterocycles. The van der Waals surface area contributed by atoms with E-state index in [4.69, 9.17) is 11.6 Å². The summed E-state index contributed by atoms with van der Waals surface area (Å²) in [6.45, 7) is 0. The number of anilines is 1. The van der Waals surface area contributed by atoms with Crippen molar-refractivity contribution < 1.29 is 0 Å². The highest BCUT2D eigenvalue weighted by Crippen LogP contribution is 2.33. The molecule has 0 N–H and O–H groups in total. The Balaban J connectivity index is 2.19. The number of rotatable bonds is 3. The second kappa shape index (κ2) is 4.75. The van der Waals surface area contributed by atoms with E-state index in [1.54, 1.807) is 0 Å². The normalized spacial score (nSPS) is 16.2. The first kappa shape index (κ1) is 11.3. The number of benzene rings is 1. The van der Waals surface area contributed by atoms with Crippen molar-refractivity contribution in [3.63, 3.8) is 0 Å². The van der Waals surface area contributed by atoms with Crippen molar-refractivity contribution in [1.29, 1.82) is 0 Å². The van der Waals surface area contributed by atoms with Gasteiger partial charge in [0.15, 0.2) is 0 Å². The van der Waals surface area contributed by atoms with Crippen LogP contribution >= 0.6 is 27.5 Å². The van der Waals surface area contributed by atoms with Gasteiger partial charge in [-0.2, -0.15) is 0 Å². The maximum absolute atomic E-state index is 6.27. The molecule has 1 saturated carbocycles. The van der Waals surface area contributed by atoms with E-state index in [-0.39, 0.29) is 0 Å². The van der Waals surface area contributed by atoms with Gasteiger partial charge in [-0.1, -0.05) is 33.6 Å². The average Bonchev–Trinajstić information content (AvgIpc) is 2.14. The molecule has 1 nitrogen and oxygen atoms in total. The predicted octanol–water partition coefficient (Wildman–Crippen LogP) is 4.22. The molecule has 0 heterocycles. The van der Waals surface area contributed by atoms with Crippen LogP contribution in [0.25, 0.3) is 0 Å². The smallest absolute Gasteiger partial charge is 0.0642 e. The first-order valence-corrected chi connectivity index (χ1v) is 6.79. The number of nitrogens with zero attached hydrogens (tertiary/aromatic N) is 1. The third-order valence-electron chi connectivity index (χ3n) is 3.17. The highest BCUT2D eigenvalue weighted by atomic mass is 79.9. The lowest BCUT2D eigenvalue weighted by Gasteiger charge is -2.36. The van der Waals surface area contributed by atoms with Gasteiger partial charge in [0.1, 0.15) is 0 Å². The number of hydrogen-bond donors (Lipinski definition) is 0. The largest absolute Gasteiger partial charge is 0.370 e. The van der Waals surface area contributed by atoms with Crippen LogP contribution in [0.2, 0.25) is 5.02 Å². The van der Waals surface area contributed by atoms with Gasteiger partial charge >= 0.3 is 0 Å². The van der Waals surface area contributed by atoms with Crippen LogP contribution in [-0.2, 0) is 5.33 Å². The molecule has 0 spiro atoms. The van der Waals surface area contributed by atoms with Crippen molar-refractivity contribution in [2.75, 3.05) is 11.9 Å². The third kappa shape index (κ3) is 2.31. The van der Waals surface area contributed by atoms with E-state index in [9.17, 15) is 0 Å². The maximum atomic E-state index is 6.27. The van der Waals surface area contributed by atoms with Gasteiger partial charge in [0.2, 0.25) is 0 Å². The Morgan fingerprint density at radius 2 is 2.20 bits per heavy atom. The van der Waals surface area contributed by atoms with Crippen molar-refractivity contribution >= 4 is 33.2 Å². The maximum Gasteiger partial charge on any atom is 0.0642 e. The fourth-order valence-electron chi connectivity index (χ4n) is 1.89. The SMILES string of the molecule is CN(c1ccc(CBr)cc1Cl)C1CCC1. The van der Waals surface area contributed by atoms with Crippen LogP contribution in [0.5, 0.6) is 0 Å². The van der Waals surface area contributed by atoms with E-state index in [0.29, 0.717) is 6.04 Å². The van der Waals surface area contributed by atoms with Crippen LogP contribution in [0.3, 0.4) is 0 Å². The van der Waals surface area contributed by atoms with Gasteiger partial charge in [0.05, 0.1) is 10.7 Å². The second-order valence-corrected chi connectivity index (χ2v) is 5.08. The summed E-state index contributed by atoms with van der Waals surface area (Å²) in [7, 11) is 2.14. The highest BCUT2D eigenvalue weighted by Gasteiger charge is 2.23. The minimum atomic E-state index is 0.692. The third-order valence-corrected chi connectivity index (χ3v) is 4.12. The molecule has 15 heavy (non-hydrogen) atoms. The molecule has 0 radical (unpaired) electrons. The van der Waals surface area contributed by atoms with Crippen molar-refractivity contribution in [2.24, 2.45) is 0 Å². The van der Waals surface area contributed by atoms with Gasteiger partial charge in [-0.25, -0.2) is 0 Å². The summed E-state index contributed by atoms with van der Waals surface area (Å²) < 4.78 is 0. The zero-order valence-corrected chi connectivity index (χ0v) is 11.2. The highest BCUT2D eigenvalue weighted by molar-refractivity contribution is 9.08. The fourth-order valence-corrected chi connectivity index (χ4v) is 2.58. The molecule has 0 unspecified atom stereocenters. The van der Waals surface area contributed by atoms with Crippen molar-refractivity contribution in [3.05, 3.63) is 28.8 Å². The van der Waals surface area contributed by atoms with E-state index < -0.39 is 0 Å².